The number of hydrogen-bond acceptors (Lipinski definition) is 6. The maximum atomic E-state index is 6.00. The van der Waals surface area contributed by atoms with Crippen LogP contribution in [-0.4, -0.2) is 22.9 Å². The van der Waals surface area contributed by atoms with Crippen molar-refractivity contribution in [3.8, 4) is 10.8 Å². The number of thiophene rings is 1. The second-order valence-corrected chi connectivity index (χ2v) is 6.50. The van der Waals surface area contributed by atoms with E-state index in [0.29, 0.717) is 18.3 Å². The monoisotopic (exact) mass is 293 g/mol. The normalized spacial score (nSPS) is 15.8. The van der Waals surface area contributed by atoms with Gasteiger partial charge < -0.3 is 15.0 Å². The highest BCUT2D eigenvalue weighted by Crippen LogP contribution is 2.35. The Bertz CT molecular complexity index is 570. The summed E-state index contributed by atoms with van der Waals surface area (Å²) in [5, 5.41) is 3.97. The second kappa shape index (κ2) is 5.63. The molecule has 1 atom stereocenters. The van der Waals surface area contributed by atoms with Gasteiger partial charge in [-0.1, -0.05) is 5.16 Å². The predicted octanol–water partition coefficient (Wildman–Crippen LogP) is 2.71. The first kappa shape index (κ1) is 13.7. The van der Waals surface area contributed by atoms with Crippen LogP contribution in [0.4, 0.5) is 0 Å². The van der Waals surface area contributed by atoms with E-state index in [1.807, 2.05) is 13.8 Å². The summed E-state index contributed by atoms with van der Waals surface area (Å²) in [4.78, 5) is 6.90. The zero-order valence-electron chi connectivity index (χ0n) is 11.8. The summed E-state index contributed by atoms with van der Waals surface area (Å²) in [7, 11) is 0. The number of ether oxygens (including phenoxy) is 1. The molecule has 1 aliphatic rings. The van der Waals surface area contributed by atoms with Crippen LogP contribution in [0.5, 0.6) is 0 Å². The van der Waals surface area contributed by atoms with Gasteiger partial charge in [0.2, 0.25) is 0 Å². The molecule has 6 heteroatoms. The molecule has 0 saturated carbocycles. The van der Waals surface area contributed by atoms with Crippen molar-refractivity contribution in [3.05, 3.63) is 22.3 Å². The van der Waals surface area contributed by atoms with Crippen LogP contribution in [-0.2, 0) is 17.6 Å². The lowest BCUT2D eigenvalue weighted by Crippen LogP contribution is -2.20. The first-order chi connectivity index (χ1) is 9.63. The molecule has 0 fully saturated rings. The van der Waals surface area contributed by atoms with E-state index in [9.17, 15) is 0 Å². The van der Waals surface area contributed by atoms with Gasteiger partial charge in [0.05, 0.1) is 23.6 Å². The molecule has 0 radical (unpaired) electrons. The summed E-state index contributed by atoms with van der Waals surface area (Å²) in [6.07, 6.45) is 3.73. The summed E-state index contributed by atoms with van der Waals surface area (Å²) in [5.41, 5.74) is 7.43. The highest BCUT2D eigenvalue weighted by molar-refractivity contribution is 7.15. The molecule has 2 N–H and O–H groups in total. The molecule has 5 nitrogen and oxygen atoms in total. The topological polar surface area (TPSA) is 74.2 Å². The number of aryl methyl sites for hydroxylation is 2. The minimum Gasteiger partial charge on any atom is -0.377 e. The van der Waals surface area contributed by atoms with Gasteiger partial charge in [-0.25, -0.2) is 0 Å². The first-order valence-electron chi connectivity index (χ1n) is 6.96. The molecule has 20 heavy (non-hydrogen) atoms. The predicted molar refractivity (Wildman–Crippen MR) is 77.7 cm³/mol. The zero-order valence-corrected chi connectivity index (χ0v) is 12.6. The van der Waals surface area contributed by atoms with Crippen molar-refractivity contribution in [1.29, 1.82) is 0 Å². The lowest BCUT2D eigenvalue weighted by Gasteiger charge is -2.10. The molecule has 1 unspecified atom stereocenters. The van der Waals surface area contributed by atoms with Crippen molar-refractivity contribution in [2.45, 2.75) is 45.3 Å². The van der Waals surface area contributed by atoms with Crippen molar-refractivity contribution in [2.75, 3.05) is 6.61 Å². The fraction of sp³-hybridized carbons (Fsp3) is 0.571. The van der Waals surface area contributed by atoms with E-state index in [0.717, 1.165) is 11.3 Å². The van der Waals surface area contributed by atoms with Gasteiger partial charge in [0, 0.05) is 4.88 Å². The van der Waals surface area contributed by atoms with Crippen LogP contribution in [0.25, 0.3) is 10.8 Å². The maximum Gasteiger partial charge on any atom is 0.268 e. The molecule has 0 bridgehead atoms. The molecule has 2 aromatic rings. The van der Waals surface area contributed by atoms with Crippen molar-refractivity contribution < 1.29 is 9.26 Å². The van der Waals surface area contributed by atoms with Gasteiger partial charge in [0.1, 0.15) is 0 Å². The van der Waals surface area contributed by atoms with Crippen molar-refractivity contribution in [2.24, 2.45) is 5.73 Å². The van der Waals surface area contributed by atoms with E-state index in [1.54, 1.807) is 11.3 Å². The number of nitrogens with two attached hydrogens (primary N) is 1. The van der Waals surface area contributed by atoms with E-state index in [4.69, 9.17) is 15.0 Å². The molecule has 2 aromatic heterocycles. The smallest absolute Gasteiger partial charge is 0.268 e. The standard InChI is InChI=1S/C14H19N3O2S/c1-8(2)18-7-10(15)13-16-14(19-17-13)12-6-9-4-3-5-11(9)20-12/h6,8,10H,3-5,7,15H2,1-2H3. The third-order valence-electron chi connectivity index (χ3n) is 3.34. The molecule has 3 rings (SSSR count). The summed E-state index contributed by atoms with van der Waals surface area (Å²) < 4.78 is 10.8. The fourth-order valence-electron chi connectivity index (χ4n) is 2.29. The fourth-order valence-corrected chi connectivity index (χ4v) is 3.47. The van der Waals surface area contributed by atoms with Gasteiger partial charge >= 0.3 is 0 Å². The molecule has 2 heterocycles. The molecule has 0 aliphatic heterocycles. The van der Waals surface area contributed by atoms with Gasteiger partial charge in [-0.05, 0) is 44.7 Å². The van der Waals surface area contributed by atoms with Crippen molar-refractivity contribution in [1.82, 2.24) is 10.1 Å². The van der Waals surface area contributed by atoms with Crippen LogP contribution in [0.3, 0.4) is 0 Å². The number of nitrogens with zero attached hydrogens (tertiary/aromatic N) is 2. The largest absolute Gasteiger partial charge is 0.377 e. The third kappa shape index (κ3) is 2.77. The van der Waals surface area contributed by atoms with Crippen LogP contribution >= 0.6 is 11.3 Å². The van der Waals surface area contributed by atoms with Gasteiger partial charge in [-0.3, -0.25) is 0 Å². The van der Waals surface area contributed by atoms with E-state index < -0.39 is 0 Å². The number of aromatic nitrogens is 2. The summed E-state index contributed by atoms with van der Waals surface area (Å²) >= 11 is 1.75. The SMILES string of the molecule is CC(C)OCC(N)c1noc(-c2cc3c(s2)CCC3)n1. The Morgan fingerprint density at radius 3 is 3.05 bits per heavy atom. The van der Waals surface area contributed by atoms with Crippen LogP contribution in [0, 0.1) is 0 Å². The molecule has 0 saturated heterocycles. The first-order valence-corrected chi connectivity index (χ1v) is 7.78. The van der Waals surface area contributed by atoms with E-state index in [2.05, 4.69) is 16.2 Å². The lowest BCUT2D eigenvalue weighted by molar-refractivity contribution is 0.0665. The number of fused-ring (bicyclic) bond motifs is 1. The quantitative estimate of drug-likeness (QED) is 0.917. The van der Waals surface area contributed by atoms with Gasteiger partial charge in [-0.15, -0.1) is 11.3 Å². The number of rotatable bonds is 5. The van der Waals surface area contributed by atoms with E-state index in [-0.39, 0.29) is 12.1 Å². The minimum atomic E-state index is -0.346. The molecule has 1 aliphatic carbocycles. The minimum absolute atomic E-state index is 0.146. The van der Waals surface area contributed by atoms with Crippen LogP contribution in [0.1, 0.15) is 42.6 Å². The summed E-state index contributed by atoms with van der Waals surface area (Å²) in [5.74, 6) is 1.08. The average Bonchev–Trinajstić information content (AvgIpc) is 3.08. The van der Waals surface area contributed by atoms with E-state index >= 15 is 0 Å². The Morgan fingerprint density at radius 2 is 2.30 bits per heavy atom. The van der Waals surface area contributed by atoms with Gasteiger partial charge in [-0.2, -0.15) is 4.98 Å². The Hall–Kier alpha value is -1.24. The Labute approximate surface area is 122 Å². The molecular weight excluding hydrogens is 274 g/mol. The lowest BCUT2D eigenvalue weighted by atomic mass is 10.2. The molecule has 108 valence electrons. The molecular formula is C14H19N3O2S. The van der Waals surface area contributed by atoms with Crippen LogP contribution in [0.2, 0.25) is 0 Å². The van der Waals surface area contributed by atoms with Crippen molar-refractivity contribution in [3.63, 3.8) is 0 Å². The Morgan fingerprint density at radius 1 is 1.45 bits per heavy atom. The molecule has 0 spiro atoms. The van der Waals surface area contributed by atoms with Crippen LogP contribution in [0.15, 0.2) is 10.6 Å². The average molecular weight is 293 g/mol. The van der Waals surface area contributed by atoms with Crippen LogP contribution < -0.4 is 5.73 Å². The zero-order chi connectivity index (χ0) is 14.1. The Balaban J connectivity index is 1.72. The number of hydrogen-bond donors (Lipinski definition) is 1. The highest BCUT2D eigenvalue weighted by atomic mass is 32.1. The summed E-state index contributed by atoms with van der Waals surface area (Å²) in [6, 6.07) is 1.82. The van der Waals surface area contributed by atoms with Gasteiger partial charge in [0.15, 0.2) is 5.82 Å². The third-order valence-corrected chi connectivity index (χ3v) is 4.56. The van der Waals surface area contributed by atoms with Gasteiger partial charge in [0.25, 0.3) is 5.89 Å². The second-order valence-electron chi connectivity index (χ2n) is 5.36. The summed E-state index contributed by atoms with van der Waals surface area (Å²) in [6.45, 7) is 4.35. The van der Waals surface area contributed by atoms with Crippen molar-refractivity contribution >= 4 is 11.3 Å². The highest BCUT2D eigenvalue weighted by Gasteiger charge is 2.20. The molecule has 0 amide bonds. The molecule has 0 aromatic carbocycles. The van der Waals surface area contributed by atoms with E-state index in [1.165, 1.54) is 23.3 Å². The Kier molecular flexibility index (Phi) is 3.87. The maximum absolute atomic E-state index is 6.00.